The molecule has 7 nitrogen and oxygen atoms in total. The number of amides is 2. The first-order valence-corrected chi connectivity index (χ1v) is 8.94. The van der Waals surface area contributed by atoms with Gasteiger partial charge in [-0.3, -0.25) is 0 Å². The van der Waals surface area contributed by atoms with Gasteiger partial charge in [0.1, 0.15) is 5.65 Å². The van der Waals surface area contributed by atoms with Gasteiger partial charge >= 0.3 is 13.1 Å². The number of fused-ring (bicyclic) bond motifs is 4. The van der Waals surface area contributed by atoms with Crippen LogP contribution >= 0.6 is 0 Å². The number of urea groups is 1. The van der Waals surface area contributed by atoms with Crippen LogP contribution in [0.2, 0.25) is 0 Å². The summed E-state index contributed by atoms with van der Waals surface area (Å²) >= 11 is 0. The van der Waals surface area contributed by atoms with E-state index in [0.717, 1.165) is 60.7 Å². The molecule has 4 rings (SSSR count). The van der Waals surface area contributed by atoms with Crippen LogP contribution in [0.1, 0.15) is 37.7 Å². The van der Waals surface area contributed by atoms with Crippen molar-refractivity contribution in [1.29, 1.82) is 0 Å². The molecule has 132 valence electrons. The Bertz CT molecular complexity index is 795. The molecule has 2 aliphatic heterocycles. The molecule has 1 atom stereocenters. The van der Waals surface area contributed by atoms with E-state index in [9.17, 15) is 9.82 Å². The van der Waals surface area contributed by atoms with Crippen LogP contribution in [-0.4, -0.2) is 53.2 Å². The van der Waals surface area contributed by atoms with E-state index in [2.05, 4.69) is 15.3 Å². The Kier molecular flexibility index (Phi) is 4.17. The van der Waals surface area contributed by atoms with Gasteiger partial charge in [-0.25, -0.2) is 9.78 Å². The van der Waals surface area contributed by atoms with E-state index in [1.165, 1.54) is 0 Å². The van der Waals surface area contributed by atoms with E-state index >= 15 is 0 Å². The first kappa shape index (κ1) is 16.4. The summed E-state index contributed by atoms with van der Waals surface area (Å²) < 4.78 is 6.13. The first-order chi connectivity index (χ1) is 12.1. The maximum Gasteiger partial charge on any atom is 0.493 e. The zero-order valence-corrected chi connectivity index (χ0v) is 14.4. The summed E-state index contributed by atoms with van der Waals surface area (Å²) in [5.74, 6) is 0. The fourth-order valence-corrected chi connectivity index (χ4v) is 4.29. The number of hydrogen-bond acceptors (Lipinski definition) is 4. The van der Waals surface area contributed by atoms with Crippen LogP contribution < -0.4 is 10.8 Å². The van der Waals surface area contributed by atoms with Crippen LogP contribution in [0.5, 0.6) is 0 Å². The topological polar surface area (TPSA) is 90.5 Å². The molecule has 1 unspecified atom stereocenters. The number of nitrogens with zero attached hydrogens (tertiary/aromatic N) is 2. The number of hydrogen-bond donors (Lipinski definition) is 3. The van der Waals surface area contributed by atoms with Gasteiger partial charge in [0.25, 0.3) is 0 Å². The zero-order chi connectivity index (χ0) is 17.4. The van der Waals surface area contributed by atoms with Gasteiger partial charge in [0, 0.05) is 43.4 Å². The third kappa shape index (κ3) is 2.69. The van der Waals surface area contributed by atoms with Crippen LogP contribution in [0.3, 0.4) is 0 Å². The molecule has 1 spiro atoms. The number of carbonyl (C=O) groups is 1. The van der Waals surface area contributed by atoms with E-state index in [4.69, 9.17) is 4.65 Å². The monoisotopic (exact) mass is 342 g/mol. The fraction of sp³-hybridized carbons (Fsp3) is 0.529. The number of aromatic nitrogens is 2. The molecule has 0 bridgehead atoms. The van der Waals surface area contributed by atoms with Crippen molar-refractivity contribution < 1.29 is 14.5 Å². The molecular formula is C17H23BN4O3. The lowest BCUT2D eigenvalue weighted by Gasteiger charge is -2.31. The number of aromatic amines is 1. The molecule has 2 aromatic heterocycles. The average molecular weight is 342 g/mol. The van der Waals surface area contributed by atoms with Crippen molar-refractivity contribution in [2.75, 3.05) is 20.1 Å². The number of H-pyrrole nitrogens is 1. The second-order valence-electron chi connectivity index (χ2n) is 6.90. The molecule has 2 aliphatic rings. The Hall–Kier alpha value is -2.06. The van der Waals surface area contributed by atoms with E-state index in [1.54, 1.807) is 13.2 Å². The number of rotatable bonds is 0. The van der Waals surface area contributed by atoms with Crippen LogP contribution in [-0.2, 0) is 10.3 Å². The average Bonchev–Trinajstić information content (AvgIpc) is 3.21. The minimum atomic E-state index is -0.933. The van der Waals surface area contributed by atoms with Gasteiger partial charge in [-0.15, -0.1) is 0 Å². The van der Waals surface area contributed by atoms with Crippen molar-refractivity contribution in [3.8, 4) is 0 Å². The zero-order valence-electron chi connectivity index (χ0n) is 14.4. The summed E-state index contributed by atoms with van der Waals surface area (Å²) in [5, 5.41) is 14.2. The van der Waals surface area contributed by atoms with E-state index in [0.29, 0.717) is 6.54 Å². The van der Waals surface area contributed by atoms with Gasteiger partial charge < -0.3 is 24.9 Å². The molecule has 25 heavy (non-hydrogen) atoms. The molecule has 0 radical (unpaired) electrons. The third-order valence-electron chi connectivity index (χ3n) is 5.44. The highest BCUT2D eigenvalue weighted by Crippen LogP contribution is 2.43. The molecule has 0 saturated carbocycles. The lowest BCUT2D eigenvalue weighted by molar-refractivity contribution is 0.0400. The molecule has 2 amide bonds. The minimum absolute atomic E-state index is 0.0269. The summed E-state index contributed by atoms with van der Waals surface area (Å²) in [5.41, 5.74) is 2.16. The third-order valence-corrected chi connectivity index (χ3v) is 5.44. The first-order valence-electron chi connectivity index (χ1n) is 8.94. The van der Waals surface area contributed by atoms with E-state index in [-0.39, 0.29) is 6.03 Å². The molecule has 2 aromatic rings. The van der Waals surface area contributed by atoms with Gasteiger partial charge in [0.2, 0.25) is 0 Å². The Morgan fingerprint density at radius 2 is 2.20 bits per heavy atom. The van der Waals surface area contributed by atoms with Gasteiger partial charge in [-0.1, -0.05) is 0 Å². The summed E-state index contributed by atoms with van der Waals surface area (Å²) in [4.78, 5) is 21.4. The van der Waals surface area contributed by atoms with Gasteiger partial charge in [0.05, 0.1) is 5.60 Å². The van der Waals surface area contributed by atoms with Crippen LogP contribution in [0.15, 0.2) is 18.5 Å². The van der Waals surface area contributed by atoms with E-state index < -0.39 is 12.7 Å². The lowest BCUT2D eigenvalue weighted by Crippen LogP contribution is -2.39. The quantitative estimate of drug-likeness (QED) is 0.625. The van der Waals surface area contributed by atoms with Gasteiger partial charge in [0.15, 0.2) is 0 Å². The molecule has 3 N–H and O–H groups in total. The lowest BCUT2D eigenvalue weighted by atomic mass is 9.76. The summed E-state index contributed by atoms with van der Waals surface area (Å²) in [6, 6.07) is 1.98. The van der Waals surface area contributed by atoms with E-state index in [1.807, 2.05) is 17.2 Å². The molecule has 1 saturated heterocycles. The second-order valence-corrected chi connectivity index (χ2v) is 6.90. The second kappa shape index (κ2) is 6.35. The predicted molar refractivity (Wildman–Crippen MR) is 95.6 cm³/mol. The van der Waals surface area contributed by atoms with Crippen LogP contribution in [0.25, 0.3) is 11.0 Å². The molecule has 4 heterocycles. The normalized spacial score (nSPS) is 24.1. The maximum absolute atomic E-state index is 12.0. The number of nitrogens with one attached hydrogen (secondary N) is 2. The molecule has 8 heteroatoms. The standard InChI is InChI=1S/C17H23BN4O3/c1-19-16(23)22-9-3-2-6-17(7-4-10-22)14-12-5-8-20-15(12)21-11-13(14)18(24)25-17/h5,8,11,24H,2-4,6-7,9-10H2,1H3,(H,19,23)(H,20,21). The van der Waals surface area contributed by atoms with Gasteiger partial charge in [-0.2, -0.15) is 0 Å². The largest absolute Gasteiger partial charge is 0.493 e. The van der Waals surface area contributed by atoms with Crippen LogP contribution in [0.4, 0.5) is 4.79 Å². The maximum atomic E-state index is 12.0. The SMILES string of the molecule is CNC(=O)N1CCCCC2(CCC1)OB(O)c1cnc3[nH]ccc3c12. The van der Waals surface area contributed by atoms with Crippen molar-refractivity contribution in [2.45, 2.75) is 37.7 Å². The number of pyridine rings is 1. The van der Waals surface area contributed by atoms with Crippen molar-refractivity contribution in [1.82, 2.24) is 20.2 Å². The number of carbonyl (C=O) groups excluding carboxylic acids is 1. The molecule has 0 aromatic carbocycles. The summed E-state index contributed by atoms with van der Waals surface area (Å²) in [6.07, 6.45) is 7.89. The minimum Gasteiger partial charge on any atom is -0.423 e. The fourth-order valence-electron chi connectivity index (χ4n) is 4.29. The highest BCUT2D eigenvalue weighted by molar-refractivity contribution is 6.62. The van der Waals surface area contributed by atoms with Crippen LogP contribution in [0, 0.1) is 0 Å². The van der Waals surface area contributed by atoms with Gasteiger partial charge in [-0.05, 0) is 43.7 Å². The Morgan fingerprint density at radius 3 is 3.04 bits per heavy atom. The smallest absolute Gasteiger partial charge is 0.423 e. The highest BCUT2D eigenvalue weighted by atomic mass is 16.5. The highest BCUT2D eigenvalue weighted by Gasteiger charge is 2.48. The Morgan fingerprint density at radius 1 is 1.40 bits per heavy atom. The summed E-state index contributed by atoms with van der Waals surface area (Å²) in [7, 11) is 0.733. The van der Waals surface area contributed by atoms with Crippen molar-refractivity contribution in [2.24, 2.45) is 0 Å². The molecular weight excluding hydrogens is 319 g/mol. The van der Waals surface area contributed by atoms with Crippen molar-refractivity contribution in [3.05, 3.63) is 24.0 Å². The molecule has 0 aliphatic carbocycles. The molecule has 1 fully saturated rings. The summed E-state index contributed by atoms with van der Waals surface area (Å²) in [6.45, 7) is 1.44. The van der Waals surface area contributed by atoms with Crippen molar-refractivity contribution in [3.63, 3.8) is 0 Å². The Labute approximate surface area is 146 Å². The Balaban J connectivity index is 1.69. The van der Waals surface area contributed by atoms with Crippen molar-refractivity contribution >= 4 is 29.6 Å². The predicted octanol–water partition coefficient (Wildman–Crippen LogP) is 1.08.